The van der Waals surface area contributed by atoms with Crippen molar-refractivity contribution in [1.82, 2.24) is 5.32 Å². The van der Waals surface area contributed by atoms with Crippen LogP contribution in [0, 0.1) is 0 Å². The molecule has 4 heteroatoms. The molecule has 0 aromatic carbocycles. The maximum Gasteiger partial charge on any atom is 0.0828 e. The highest BCUT2D eigenvalue weighted by Gasteiger charge is 2.56. The van der Waals surface area contributed by atoms with E-state index in [1.54, 1.807) is 11.3 Å². The lowest BCUT2D eigenvalue weighted by atomic mass is 9.79. The van der Waals surface area contributed by atoms with Gasteiger partial charge < -0.3 is 15.8 Å². The second kappa shape index (κ2) is 4.60. The monoisotopic (exact) mass is 268 g/mol. The number of nitrogens with one attached hydrogen (secondary N) is 1. The van der Waals surface area contributed by atoms with Crippen molar-refractivity contribution in [1.29, 1.82) is 0 Å². The Bertz CT molecular complexity index is 400. The molecule has 18 heavy (non-hydrogen) atoms. The molecule has 1 aliphatic rings. The molecule has 1 unspecified atom stereocenters. The second-order valence-corrected chi connectivity index (χ2v) is 7.30. The zero-order valence-electron chi connectivity index (χ0n) is 11.7. The maximum absolute atomic E-state index is 6.17. The average molecular weight is 268 g/mol. The zero-order chi connectivity index (χ0) is 13.4. The van der Waals surface area contributed by atoms with Gasteiger partial charge in [-0.15, -0.1) is 11.3 Å². The van der Waals surface area contributed by atoms with Crippen LogP contribution in [0.25, 0.3) is 0 Å². The molecule has 1 atom stereocenters. The quantitative estimate of drug-likeness (QED) is 0.882. The van der Waals surface area contributed by atoms with Crippen molar-refractivity contribution in [3.8, 4) is 0 Å². The number of hydrogen-bond acceptors (Lipinski definition) is 4. The van der Waals surface area contributed by atoms with Crippen molar-refractivity contribution in [3.05, 3.63) is 22.4 Å². The highest BCUT2D eigenvalue weighted by molar-refractivity contribution is 7.09. The fourth-order valence-corrected chi connectivity index (χ4v) is 3.74. The van der Waals surface area contributed by atoms with Crippen LogP contribution < -0.4 is 11.1 Å². The van der Waals surface area contributed by atoms with E-state index in [9.17, 15) is 0 Å². The lowest BCUT2D eigenvalue weighted by Crippen LogP contribution is -2.61. The van der Waals surface area contributed by atoms with E-state index in [4.69, 9.17) is 10.5 Å². The first-order chi connectivity index (χ1) is 8.30. The Kier molecular flexibility index (Phi) is 3.58. The van der Waals surface area contributed by atoms with E-state index in [0.717, 1.165) is 13.0 Å². The van der Waals surface area contributed by atoms with Gasteiger partial charge in [0.2, 0.25) is 0 Å². The van der Waals surface area contributed by atoms with E-state index in [1.807, 2.05) is 0 Å². The van der Waals surface area contributed by atoms with Crippen molar-refractivity contribution >= 4 is 11.3 Å². The van der Waals surface area contributed by atoms with E-state index < -0.39 is 0 Å². The minimum atomic E-state index is -0.248. The molecule has 1 saturated heterocycles. The van der Waals surface area contributed by atoms with Gasteiger partial charge in [-0.2, -0.15) is 0 Å². The summed E-state index contributed by atoms with van der Waals surface area (Å²) in [6.45, 7) is 10.00. The fraction of sp³-hybridized carbons (Fsp3) is 0.714. The van der Waals surface area contributed by atoms with Gasteiger partial charge in [-0.1, -0.05) is 6.07 Å². The Morgan fingerprint density at radius 3 is 2.56 bits per heavy atom. The standard InChI is InChI=1S/C14H24N2OS/c1-12(2)9-14(10-15,13(3,4)17-12)16-8-11-6-5-7-18-11/h5-7,16H,8-10,15H2,1-4H3. The Morgan fingerprint density at radius 1 is 1.39 bits per heavy atom. The molecular formula is C14H24N2OS. The molecule has 0 aliphatic carbocycles. The lowest BCUT2D eigenvalue weighted by Gasteiger charge is -2.39. The van der Waals surface area contributed by atoms with Gasteiger partial charge in [-0.05, 0) is 45.6 Å². The zero-order valence-corrected chi connectivity index (χ0v) is 12.6. The van der Waals surface area contributed by atoms with Crippen LogP contribution in [0.5, 0.6) is 0 Å². The predicted octanol–water partition coefficient (Wildman–Crippen LogP) is 2.51. The minimum absolute atomic E-state index is 0.120. The molecule has 102 valence electrons. The van der Waals surface area contributed by atoms with Crippen LogP contribution in [0.15, 0.2) is 17.5 Å². The molecule has 1 aromatic rings. The van der Waals surface area contributed by atoms with Crippen LogP contribution in [0.1, 0.15) is 39.0 Å². The van der Waals surface area contributed by atoms with Gasteiger partial charge in [0.05, 0.1) is 16.7 Å². The minimum Gasteiger partial charge on any atom is -0.368 e. The van der Waals surface area contributed by atoms with Crippen LogP contribution in [0.3, 0.4) is 0 Å². The fourth-order valence-electron chi connectivity index (χ4n) is 3.10. The third kappa shape index (κ3) is 2.48. The highest BCUT2D eigenvalue weighted by atomic mass is 32.1. The molecule has 0 spiro atoms. The number of ether oxygens (including phenoxy) is 1. The lowest BCUT2D eigenvalue weighted by molar-refractivity contribution is -0.0822. The smallest absolute Gasteiger partial charge is 0.0828 e. The molecule has 1 fully saturated rings. The Morgan fingerprint density at radius 2 is 2.11 bits per heavy atom. The van der Waals surface area contributed by atoms with Crippen molar-refractivity contribution in [2.24, 2.45) is 5.73 Å². The average Bonchev–Trinajstić information content (AvgIpc) is 2.80. The van der Waals surface area contributed by atoms with Gasteiger partial charge in [-0.3, -0.25) is 0 Å². The van der Waals surface area contributed by atoms with E-state index in [0.29, 0.717) is 6.54 Å². The second-order valence-electron chi connectivity index (χ2n) is 6.27. The summed E-state index contributed by atoms with van der Waals surface area (Å²) in [6, 6.07) is 4.23. The van der Waals surface area contributed by atoms with E-state index >= 15 is 0 Å². The van der Waals surface area contributed by atoms with Crippen LogP contribution in [0.2, 0.25) is 0 Å². The van der Waals surface area contributed by atoms with Gasteiger partial charge in [0, 0.05) is 18.0 Å². The Balaban J connectivity index is 2.15. The number of nitrogens with two attached hydrogens (primary N) is 1. The summed E-state index contributed by atoms with van der Waals surface area (Å²) in [4.78, 5) is 1.34. The number of rotatable bonds is 4. The first-order valence-corrected chi connectivity index (χ1v) is 7.36. The summed E-state index contributed by atoms with van der Waals surface area (Å²) in [6.07, 6.45) is 0.939. The Labute approximate surface area is 114 Å². The Hall–Kier alpha value is -0.420. The predicted molar refractivity (Wildman–Crippen MR) is 76.8 cm³/mol. The van der Waals surface area contributed by atoms with Gasteiger partial charge in [0.15, 0.2) is 0 Å². The third-order valence-corrected chi connectivity index (χ3v) is 4.82. The molecule has 2 heterocycles. The van der Waals surface area contributed by atoms with Gasteiger partial charge in [-0.25, -0.2) is 0 Å². The van der Waals surface area contributed by atoms with E-state index in [2.05, 4.69) is 50.5 Å². The van der Waals surface area contributed by atoms with Gasteiger partial charge in [0.1, 0.15) is 0 Å². The maximum atomic E-state index is 6.17. The summed E-state index contributed by atoms with van der Waals surface area (Å²) in [7, 11) is 0. The molecule has 2 rings (SSSR count). The topological polar surface area (TPSA) is 47.3 Å². The highest BCUT2D eigenvalue weighted by Crippen LogP contribution is 2.44. The SMILES string of the molecule is CC1(C)CC(CN)(NCc2cccs2)C(C)(C)O1. The molecule has 1 aromatic heterocycles. The van der Waals surface area contributed by atoms with Crippen molar-refractivity contribution in [3.63, 3.8) is 0 Å². The molecule has 0 amide bonds. The summed E-state index contributed by atoms with van der Waals surface area (Å²) in [5.41, 5.74) is 5.55. The summed E-state index contributed by atoms with van der Waals surface area (Å²) < 4.78 is 6.17. The van der Waals surface area contributed by atoms with Gasteiger partial charge >= 0.3 is 0 Å². The van der Waals surface area contributed by atoms with E-state index in [-0.39, 0.29) is 16.7 Å². The normalized spacial score (nSPS) is 29.6. The summed E-state index contributed by atoms with van der Waals surface area (Å²) in [5.74, 6) is 0. The molecule has 3 nitrogen and oxygen atoms in total. The summed E-state index contributed by atoms with van der Waals surface area (Å²) in [5, 5.41) is 5.76. The molecule has 3 N–H and O–H groups in total. The molecule has 1 aliphatic heterocycles. The van der Waals surface area contributed by atoms with Crippen molar-refractivity contribution in [2.45, 2.75) is 57.4 Å². The van der Waals surface area contributed by atoms with Gasteiger partial charge in [0.25, 0.3) is 0 Å². The molecule has 0 saturated carbocycles. The van der Waals surface area contributed by atoms with E-state index in [1.165, 1.54) is 4.88 Å². The van der Waals surface area contributed by atoms with Crippen LogP contribution >= 0.6 is 11.3 Å². The van der Waals surface area contributed by atoms with Crippen LogP contribution in [0.4, 0.5) is 0 Å². The van der Waals surface area contributed by atoms with Crippen LogP contribution in [-0.2, 0) is 11.3 Å². The largest absolute Gasteiger partial charge is 0.368 e. The number of thiophene rings is 1. The van der Waals surface area contributed by atoms with Crippen molar-refractivity contribution < 1.29 is 4.74 Å². The third-order valence-electron chi connectivity index (χ3n) is 3.94. The summed E-state index contributed by atoms with van der Waals surface area (Å²) >= 11 is 1.77. The first-order valence-electron chi connectivity index (χ1n) is 6.48. The molecule has 0 radical (unpaired) electrons. The number of hydrogen-bond donors (Lipinski definition) is 2. The molecular weight excluding hydrogens is 244 g/mol. The van der Waals surface area contributed by atoms with Crippen LogP contribution in [-0.4, -0.2) is 23.3 Å². The van der Waals surface area contributed by atoms with Crippen molar-refractivity contribution in [2.75, 3.05) is 6.54 Å². The molecule has 0 bridgehead atoms. The first kappa shape index (κ1) is 14.0.